The molecule has 0 aliphatic rings. The summed E-state index contributed by atoms with van der Waals surface area (Å²) in [6.45, 7) is 9.34. The normalized spacial score (nSPS) is 11.4. The molecule has 0 aromatic rings. The van der Waals surface area contributed by atoms with Crippen molar-refractivity contribution in [2.24, 2.45) is 5.73 Å². The van der Waals surface area contributed by atoms with Gasteiger partial charge in [0, 0.05) is 20.0 Å². The lowest BCUT2D eigenvalue weighted by atomic mass is 10.2. The minimum absolute atomic E-state index is 0.219. The molecule has 0 bridgehead atoms. The Morgan fingerprint density at radius 3 is 1.65 bits per heavy atom. The predicted octanol–water partition coefficient (Wildman–Crippen LogP) is 0.795. The summed E-state index contributed by atoms with van der Waals surface area (Å²) in [7, 11) is 1.67. The summed E-state index contributed by atoms with van der Waals surface area (Å²) in [5.74, 6) is -0.377. The summed E-state index contributed by atoms with van der Waals surface area (Å²) >= 11 is 0. The fraction of sp³-hybridized carbons (Fsp3) is 0.882. The molecule has 0 fully saturated rings. The van der Waals surface area contributed by atoms with Crippen LogP contribution < -0.4 is 5.73 Å². The fourth-order valence-corrected chi connectivity index (χ4v) is 1.57. The highest BCUT2D eigenvalue weighted by molar-refractivity contribution is 5.73. The van der Waals surface area contributed by atoms with Crippen molar-refractivity contribution in [3.05, 3.63) is 0 Å². The van der Waals surface area contributed by atoms with Gasteiger partial charge in [-0.2, -0.15) is 0 Å². The van der Waals surface area contributed by atoms with E-state index in [9.17, 15) is 9.59 Å². The molecule has 0 aliphatic heterocycles. The molecule has 0 rings (SSSR count). The van der Waals surface area contributed by atoms with Gasteiger partial charge in [0.1, 0.15) is 5.60 Å². The van der Waals surface area contributed by atoms with E-state index in [2.05, 4.69) is 0 Å². The lowest BCUT2D eigenvalue weighted by Crippen LogP contribution is -2.36. The van der Waals surface area contributed by atoms with Crippen molar-refractivity contribution >= 4 is 12.0 Å². The molecule has 2 N–H and O–H groups in total. The molecule has 0 aliphatic carbocycles. The Labute approximate surface area is 156 Å². The number of hydrogen-bond donors (Lipinski definition) is 1. The number of ether oxygens (including phenoxy) is 5. The van der Waals surface area contributed by atoms with Crippen LogP contribution in [0, 0.1) is 0 Å². The molecule has 0 saturated heterocycles. The van der Waals surface area contributed by atoms with E-state index >= 15 is 0 Å². The lowest BCUT2D eigenvalue weighted by Gasteiger charge is -2.24. The van der Waals surface area contributed by atoms with Gasteiger partial charge in [0.2, 0.25) is 5.91 Å². The number of rotatable bonds is 15. The van der Waals surface area contributed by atoms with E-state index in [0.717, 1.165) is 0 Å². The number of carbonyl (C=O) groups excluding carboxylic acids is 2. The minimum Gasteiger partial charge on any atom is -0.444 e. The molecule has 0 atom stereocenters. The summed E-state index contributed by atoms with van der Waals surface area (Å²) in [4.78, 5) is 23.7. The number of primary amides is 1. The van der Waals surface area contributed by atoms with Crippen LogP contribution in [-0.2, 0) is 28.5 Å². The van der Waals surface area contributed by atoms with Crippen LogP contribution in [-0.4, -0.2) is 88.9 Å². The zero-order valence-electron chi connectivity index (χ0n) is 16.5. The molecule has 0 saturated carbocycles. The van der Waals surface area contributed by atoms with Crippen molar-refractivity contribution in [1.82, 2.24) is 4.90 Å². The molecule has 0 heterocycles. The summed E-state index contributed by atoms with van der Waals surface area (Å²) in [6, 6.07) is 0. The van der Waals surface area contributed by atoms with Gasteiger partial charge in [0.05, 0.1) is 52.9 Å². The third-order valence-corrected chi connectivity index (χ3v) is 2.89. The van der Waals surface area contributed by atoms with Crippen LogP contribution in [0.2, 0.25) is 0 Å². The van der Waals surface area contributed by atoms with E-state index in [-0.39, 0.29) is 18.4 Å². The average Bonchev–Trinajstić information content (AvgIpc) is 2.53. The maximum atomic E-state index is 11.7. The Kier molecular flexibility index (Phi) is 13.9. The second-order valence-electron chi connectivity index (χ2n) is 6.57. The number of amides is 2. The predicted molar refractivity (Wildman–Crippen MR) is 96.0 cm³/mol. The van der Waals surface area contributed by atoms with Crippen molar-refractivity contribution in [2.45, 2.75) is 32.8 Å². The molecule has 9 nitrogen and oxygen atoms in total. The van der Waals surface area contributed by atoms with E-state index in [4.69, 9.17) is 29.4 Å². The highest BCUT2D eigenvalue weighted by Crippen LogP contribution is 2.08. The molecule has 0 aromatic carbocycles. The van der Waals surface area contributed by atoms with Crippen LogP contribution in [0.25, 0.3) is 0 Å². The maximum absolute atomic E-state index is 11.7. The van der Waals surface area contributed by atoms with Crippen LogP contribution >= 0.6 is 0 Å². The van der Waals surface area contributed by atoms with Crippen molar-refractivity contribution in [3.63, 3.8) is 0 Å². The molecular weight excluding hydrogens is 344 g/mol. The quantitative estimate of drug-likeness (QED) is 0.420. The van der Waals surface area contributed by atoms with E-state index in [1.54, 1.807) is 7.05 Å². The summed E-state index contributed by atoms with van der Waals surface area (Å²) in [6.07, 6.45) is -0.149. The molecule has 0 unspecified atom stereocenters. The minimum atomic E-state index is -0.502. The summed E-state index contributed by atoms with van der Waals surface area (Å²) in [5, 5.41) is 0. The SMILES string of the molecule is CN(CCOCCOCCOCCOCCC(N)=O)C(=O)OC(C)(C)C. The molecule has 26 heavy (non-hydrogen) atoms. The molecular formula is C17H34N2O7. The number of likely N-dealkylation sites (N-methyl/N-ethyl adjacent to an activating group) is 1. The monoisotopic (exact) mass is 378 g/mol. The van der Waals surface area contributed by atoms with E-state index in [0.29, 0.717) is 59.4 Å². The van der Waals surface area contributed by atoms with Gasteiger partial charge in [0.25, 0.3) is 0 Å². The highest BCUT2D eigenvalue weighted by atomic mass is 16.6. The number of nitrogens with two attached hydrogens (primary N) is 1. The average molecular weight is 378 g/mol. The number of carbonyl (C=O) groups is 2. The second kappa shape index (κ2) is 14.7. The topological polar surface area (TPSA) is 110 Å². The first-order chi connectivity index (χ1) is 12.2. The van der Waals surface area contributed by atoms with Crippen molar-refractivity contribution < 1.29 is 33.3 Å². The molecule has 154 valence electrons. The van der Waals surface area contributed by atoms with Crippen LogP contribution in [0.1, 0.15) is 27.2 Å². The van der Waals surface area contributed by atoms with Crippen molar-refractivity contribution in [3.8, 4) is 0 Å². The Bertz CT molecular complexity index is 386. The Morgan fingerprint density at radius 1 is 0.808 bits per heavy atom. The summed E-state index contributed by atoms with van der Waals surface area (Å²) in [5.41, 5.74) is 4.48. The molecule has 0 spiro atoms. The van der Waals surface area contributed by atoms with Crippen molar-refractivity contribution in [2.75, 3.05) is 66.4 Å². The van der Waals surface area contributed by atoms with E-state index in [1.807, 2.05) is 20.8 Å². The zero-order chi connectivity index (χ0) is 19.8. The van der Waals surface area contributed by atoms with E-state index in [1.165, 1.54) is 4.90 Å². The maximum Gasteiger partial charge on any atom is 0.410 e. The Morgan fingerprint density at radius 2 is 1.23 bits per heavy atom. The highest BCUT2D eigenvalue weighted by Gasteiger charge is 2.19. The number of nitrogens with zero attached hydrogens (tertiary/aromatic N) is 1. The largest absolute Gasteiger partial charge is 0.444 e. The van der Waals surface area contributed by atoms with Crippen LogP contribution in [0.3, 0.4) is 0 Å². The summed E-state index contributed by atoms with van der Waals surface area (Å²) < 4.78 is 26.5. The number of hydrogen-bond acceptors (Lipinski definition) is 7. The van der Waals surface area contributed by atoms with Crippen molar-refractivity contribution in [1.29, 1.82) is 0 Å². The van der Waals surface area contributed by atoms with Gasteiger partial charge in [-0.05, 0) is 20.8 Å². The third-order valence-electron chi connectivity index (χ3n) is 2.89. The molecule has 0 radical (unpaired) electrons. The molecule has 9 heteroatoms. The van der Waals surface area contributed by atoms with Gasteiger partial charge < -0.3 is 34.3 Å². The van der Waals surface area contributed by atoms with Crippen LogP contribution in [0.4, 0.5) is 4.79 Å². The smallest absolute Gasteiger partial charge is 0.410 e. The molecule has 0 aromatic heterocycles. The van der Waals surface area contributed by atoms with Gasteiger partial charge in [-0.3, -0.25) is 4.79 Å². The lowest BCUT2D eigenvalue weighted by molar-refractivity contribution is -0.119. The van der Waals surface area contributed by atoms with Gasteiger partial charge in [-0.15, -0.1) is 0 Å². The fourth-order valence-electron chi connectivity index (χ4n) is 1.57. The second-order valence-corrected chi connectivity index (χ2v) is 6.57. The standard InChI is InChI=1S/C17H34N2O7/c1-17(2,3)26-16(21)19(4)6-8-23-10-12-25-14-13-24-11-9-22-7-5-15(18)20/h5-14H2,1-4H3,(H2,18,20). The van der Waals surface area contributed by atoms with Crippen LogP contribution in [0.5, 0.6) is 0 Å². The van der Waals surface area contributed by atoms with E-state index < -0.39 is 5.60 Å². The van der Waals surface area contributed by atoms with Gasteiger partial charge in [-0.25, -0.2) is 4.79 Å². The Balaban J connectivity index is 3.31. The van der Waals surface area contributed by atoms with Crippen LogP contribution in [0.15, 0.2) is 0 Å². The van der Waals surface area contributed by atoms with Gasteiger partial charge >= 0.3 is 6.09 Å². The van der Waals surface area contributed by atoms with Gasteiger partial charge in [0.15, 0.2) is 0 Å². The third kappa shape index (κ3) is 17.4. The van der Waals surface area contributed by atoms with Gasteiger partial charge in [-0.1, -0.05) is 0 Å². The first-order valence-corrected chi connectivity index (χ1v) is 8.76. The first kappa shape index (κ1) is 24.6. The zero-order valence-corrected chi connectivity index (χ0v) is 16.5. The first-order valence-electron chi connectivity index (χ1n) is 8.76. The molecule has 2 amide bonds. The Hall–Kier alpha value is -1.42.